The van der Waals surface area contributed by atoms with E-state index < -0.39 is 0 Å². The normalized spacial score (nSPS) is 20.5. The summed E-state index contributed by atoms with van der Waals surface area (Å²) in [5.41, 5.74) is 1.52. The minimum atomic E-state index is -0.0214. The smallest absolute Gasteiger partial charge is 0.265 e. The standard InChI is InChI=1S/C27H36N4O3/c1-3-24(30-12-9-22(10-13-30)20(2)29-14-17-33-18-15-29)25-28-26-23(11-16-34-26)27(32)31(25)19-21-7-5-4-6-8-21/h4-8,11,16,20,22,24H,3,9-10,12-15,17-19H2,1-2H3. The molecule has 0 aliphatic carbocycles. The van der Waals surface area contributed by atoms with Crippen LogP contribution in [0.2, 0.25) is 0 Å². The molecule has 2 aliphatic heterocycles. The van der Waals surface area contributed by atoms with Crippen molar-refractivity contribution in [1.29, 1.82) is 0 Å². The third-order valence-electron chi connectivity index (χ3n) is 7.80. The second kappa shape index (κ2) is 10.4. The van der Waals surface area contributed by atoms with Crippen LogP contribution < -0.4 is 5.56 Å². The Kier molecular flexibility index (Phi) is 7.13. The van der Waals surface area contributed by atoms with E-state index in [1.54, 1.807) is 12.3 Å². The van der Waals surface area contributed by atoms with E-state index in [1.807, 2.05) is 22.8 Å². The van der Waals surface area contributed by atoms with Crippen molar-refractivity contribution in [1.82, 2.24) is 19.4 Å². The summed E-state index contributed by atoms with van der Waals surface area (Å²) in [7, 11) is 0. The van der Waals surface area contributed by atoms with Crippen LogP contribution in [0.5, 0.6) is 0 Å². The molecule has 0 bridgehead atoms. The zero-order valence-corrected chi connectivity index (χ0v) is 20.4. The molecule has 5 rings (SSSR count). The lowest BCUT2D eigenvalue weighted by molar-refractivity contribution is -0.00474. The van der Waals surface area contributed by atoms with Gasteiger partial charge >= 0.3 is 0 Å². The van der Waals surface area contributed by atoms with Crippen LogP contribution in [0.25, 0.3) is 11.1 Å². The number of likely N-dealkylation sites (tertiary alicyclic amines) is 1. The molecule has 4 heterocycles. The van der Waals surface area contributed by atoms with E-state index in [0.717, 1.165) is 57.2 Å². The van der Waals surface area contributed by atoms with Gasteiger partial charge in [0.1, 0.15) is 11.2 Å². The zero-order valence-electron chi connectivity index (χ0n) is 20.4. The van der Waals surface area contributed by atoms with E-state index in [4.69, 9.17) is 14.1 Å². The quantitative estimate of drug-likeness (QED) is 0.528. The first-order valence-corrected chi connectivity index (χ1v) is 12.7. The molecule has 3 aromatic rings. The Morgan fingerprint density at radius 3 is 2.47 bits per heavy atom. The molecule has 0 amide bonds. The number of nitrogens with zero attached hydrogens (tertiary/aromatic N) is 4. The van der Waals surface area contributed by atoms with Gasteiger partial charge in [-0.15, -0.1) is 0 Å². The Labute approximate surface area is 201 Å². The fourth-order valence-corrected chi connectivity index (χ4v) is 5.74. The highest BCUT2D eigenvalue weighted by Gasteiger charge is 2.33. The number of benzene rings is 1. The number of morpholine rings is 1. The second-order valence-corrected chi connectivity index (χ2v) is 9.67. The van der Waals surface area contributed by atoms with Gasteiger partial charge in [-0.2, -0.15) is 4.98 Å². The number of hydrogen-bond donors (Lipinski definition) is 0. The van der Waals surface area contributed by atoms with E-state index in [2.05, 4.69) is 35.8 Å². The lowest BCUT2D eigenvalue weighted by Gasteiger charge is -2.43. The summed E-state index contributed by atoms with van der Waals surface area (Å²) in [5, 5.41) is 0.549. The summed E-state index contributed by atoms with van der Waals surface area (Å²) in [6.45, 7) is 10.9. The van der Waals surface area contributed by atoms with Gasteiger partial charge in [0, 0.05) is 19.1 Å². The number of furan rings is 1. The van der Waals surface area contributed by atoms with Crippen LogP contribution in [0.1, 0.15) is 50.5 Å². The molecule has 2 atom stereocenters. The number of piperidine rings is 1. The molecule has 0 N–H and O–H groups in total. The van der Waals surface area contributed by atoms with Crippen LogP contribution in [-0.4, -0.2) is 64.8 Å². The van der Waals surface area contributed by atoms with E-state index in [0.29, 0.717) is 29.6 Å². The van der Waals surface area contributed by atoms with Gasteiger partial charge in [0.25, 0.3) is 5.56 Å². The SMILES string of the molecule is CCC(c1nc2occc2c(=O)n1Cc1ccccc1)N1CCC(C(C)N2CCOCC2)CC1. The molecule has 2 aromatic heterocycles. The van der Waals surface area contributed by atoms with Gasteiger partial charge in [0.15, 0.2) is 0 Å². The minimum absolute atomic E-state index is 0.0214. The molecular formula is C27H36N4O3. The highest BCUT2D eigenvalue weighted by atomic mass is 16.5. The fraction of sp³-hybridized carbons (Fsp3) is 0.556. The van der Waals surface area contributed by atoms with E-state index >= 15 is 0 Å². The van der Waals surface area contributed by atoms with Gasteiger partial charge in [-0.1, -0.05) is 37.3 Å². The van der Waals surface area contributed by atoms with Crippen molar-refractivity contribution in [3.8, 4) is 0 Å². The fourth-order valence-electron chi connectivity index (χ4n) is 5.74. The largest absolute Gasteiger partial charge is 0.446 e. The maximum absolute atomic E-state index is 13.5. The van der Waals surface area contributed by atoms with E-state index in [-0.39, 0.29) is 11.6 Å². The van der Waals surface area contributed by atoms with Crippen LogP contribution >= 0.6 is 0 Å². The molecule has 34 heavy (non-hydrogen) atoms. The molecule has 2 fully saturated rings. The number of fused-ring (bicyclic) bond motifs is 1. The van der Waals surface area contributed by atoms with Crippen LogP contribution in [0.3, 0.4) is 0 Å². The highest BCUT2D eigenvalue weighted by Crippen LogP contribution is 2.31. The topological polar surface area (TPSA) is 63.7 Å². The molecule has 0 spiro atoms. The molecule has 2 unspecified atom stereocenters. The Morgan fingerprint density at radius 1 is 1.03 bits per heavy atom. The third kappa shape index (κ3) is 4.69. The van der Waals surface area contributed by atoms with Gasteiger partial charge in [0.2, 0.25) is 5.71 Å². The van der Waals surface area contributed by atoms with E-state index in [9.17, 15) is 4.79 Å². The number of hydrogen-bond acceptors (Lipinski definition) is 6. The molecule has 0 radical (unpaired) electrons. The van der Waals surface area contributed by atoms with Crippen molar-refractivity contribution in [3.05, 3.63) is 64.4 Å². The minimum Gasteiger partial charge on any atom is -0.446 e. The molecule has 7 heteroatoms. The average molecular weight is 465 g/mol. The highest BCUT2D eigenvalue weighted by molar-refractivity contribution is 5.71. The first-order valence-electron chi connectivity index (χ1n) is 12.7. The van der Waals surface area contributed by atoms with Crippen molar-refractivity contribution in [2.24, 2.45) is 5.92 Å². The number of aromatic nitrogens is 2. The Morgan fingerprint density at radius 2 is 1.76 bits per heavy atom. The molecule has 2 aliphatic rings. The van der Waals surface area contributed by atoms with Crippen LogP contribution in [-0.2, 0) is 11.3 Å². The molecular weight excluding hydrogens is 428 g/mol. The van der Waals surface area contributed by atoms with Crippen molar-refractivity contribution in [3.63, 3.8) is 0 Å². The maximum Gasteiger partial charge on any atom is 0.265 e. The number of rotatable bonds is 7. The summed E-state index contributed by atoms with van der Waals surface area (Å²) in [6.07, 6.45) is 4.80. The van der Waals surface area contributed by atoms with Crippen molar-refractivity contribution in [2.45, 2.75) is 51.7 Å². The molecule has 0 saturated carbocycles. The van der Waals surface area contributed by atoms with Gasteiger partial charge in [-0.05, 0) is 56.8 Å². The second-order valence-electron chi connectivity index (χ2n) is 9.67. The predicted octanol–water partition coefficient (Wildman–Crippen LogP) is 3.92. The number of ether oxygens (including phenoxy) is 1. The van der Waals surface area contributed by atoms with E-state index in [1.165, 1.54) is 12.8 Å². The van der Waals surface area contributed by atoms with Crippen molar-refractivity contribution < 1.29 is 9.15 Å². The first kappa shape index (κ1) is 23.3. The van der Waals surface area contributed by atoms with Crippen LogP contribution in [0.15, 0.2) is 51.9 Å². The lowest BCUT2D eigenvalue weighted by Crippen LogP contribution is -2.49. The zero-order chi connectivity index (χ0) is 23.5. The summed E-state index contributed by atoms with van der Waals surface area (Å²) < 4.78 is 13.0. The Balaban J connectivity index is 1.38. The van der Waals surface area contributed by atoms with Crippen molar-refractivity contribution in [2.75, 3.05) is 39.4 Å². The molecule has 1 aromatic carbocycles. The van der Waals surface area contributed by atoms with Gasteiger partial charge in [-0.25, -0.2) is 0 Å². The Hall–Kier alpha value is -2.48. The molecule has 182 valence electrons. The summed E-state index contributed by atoms with van der Waals surface area (Å²) in [4.78, 5) is 23.5. The third-order valence-corrected chi connectivity index (χ3v) is 7.80. The van der Waals surface area contributed by atoms with Crippen LogP contribution in [0, 0.1) is 5.92 Å². The average Bonchev–Trinajstić information content (AvgIpc) is 3.37. The van der Waals surface area contributed by atoms with Crippen molar-refractivity contribution >= 4 is 11.1 Å². The molecule has 2 saturated heterocycles. The summed E-state index contributed by atoms with van der Waals surface area (Å²) in [6, 6.07) is 12.6. The summed E-state index contributed by atoms with van der Waals surface area (Å²) in [5.74, 6) is 1.51. The Bertz CT molecular complexity index is 1130. The monoisotopic (exact) mass is 464 g/mol. The molecule has 7 nitrogen and oxygen atoms in total. The maximum atomic E-state index is 13.5. The first-order chi connectivity index (χ1) is 16.7. The lowest BCUT2D eigenvalue weighted by atomic mass is 9.88. The van der Waals surface area contributed by atoms with Crippen LogP contribution in [0.4, 0.5) is 0 Å². The van der Waals surface area contributed by atoms with Gasteiger partial charge < -0.3 is 9.15 Å². The van der Waals surface area contributed by atoms with Gasteiger partial charge in [0.05, 0.1) is 32.1 Å². The van der Waals surface area contributed by atoms with Gasteiger partial charge in [-0.3, -0.25) is 19.2 Å². The predicted molar refractivity (Wildman–Crippen MR) is 133 cm³/mol. The summed E-state index contributed by atoms with van der Waals surface area (Å²) >= 11 is 0.